The molecule has 0 amide bonds. The number of non-ortho nitro benzene ring substituents is 1. The molecule has 2 rings (SSSR count). The molecule has 0 aliphatic carbocycles. The summed E-state index contributed by atoms with van der Waals surface area (Å²) >= 11 is 0. The monoisotopic (exact) mass is 252 g/mol. The number of rotatable bonds is 4. The second-order valence-corrected chi connectivity index (χ2v) is 4.00. The number of ether oxygens (including phenoxy) is 1. The molecular weight excluding hydrogens is 240 g/mol. The Kier molecular flexibility index (Phi) is 3.42. The lowest BCUT2D eigenvalue weighted by molar-refractivity contribution is -0.384. The molecule has 1 N–H and O–H groups in total. The highest BCUT2D eigenvalue weighted by Crippen LogP contribution is 2.27. The van der Waals surface area contributed by atoms with Crippen molar-refractivity contribution in [1.82, 2.24) is 0 Å². The van der Waals surface area contributed by atoms with E-state index in [-0.39, 0.29) is 5.69 Å². The molecule has 7 nitrogen and oxygen atoms in total. The fourth-order valence-electron chi connectivity index (χ4n) is 2.01. The highest BCUT2D eigenvalue weighted by molar-refractivity contribution is 5.53. The van der Waals surface area contributed by atoms with E-state index in [4.69, 9.17) is 4.74 Å². The second-order valence-electron chi connectivity index (χ2n) is 4.00. The maximum atomic E-state index is 10.5. The number of aliphatic hydroxyl groups is 1. The first-order valence-electron chi connectivity index (χ1n) is 5.40. The highest BCUT2D eigenvalue weighted by atomic mass is 16.6. The van der Waals surface area contributed by atoms with Crippen LogP contribution in [0.25, 0.3) is 0 Å². The number of β-amino-alcohol motifs (C(OH)–C–C–N with tert-alkyl or cyclic N) is 1. The Morgan fingerprint density at radius 1 is 1.44 bits per heavy atom. The van der Waals surface area contributed by atoms with E-state index >= 15 is 0 Å². The van der Waals surface area contributed by atoms with Gasteiger partial charge in [-0.1, -0.05) is 0 Å². The standard InChI is InChI=1S/C11H12N2O5/c14-7-18-11-5-10(15)6-12(11)8-1-3-9(4-2-8)13(16)17/h1-4,7,10-11,15H,5-6H2/t10-,11-/m1/s1. The zero-order valence-corrected chi connectivity index (χ0v) is 9.43. The van der Waals surface area contributed by atoms with Crippen LogP contribution in [-0.2, 0) is 9.53 Å². The first-order chi connectivity index (χ1) is 8.61. The molecule has 1 aromatic carbocycles. The van der Waals surface area contributed by atoms with Crippen molar-refractivity contribution in [3.63, 3.8) is 0 Å². The van der Waals surface area contributed by atoms with Crippen molar-refractivity contribution in [3.05, 3.63) is 34.4 Å². The van der Waals surface area contributed by atoms with Crippen LogP contribution in [0.5, 0.6) is 0 Å². The molecule has 1 aliphatic heterocycles. The van der Waals surface area contributed by atoms with Gasteiger partial charge in [-0.2, -0.15) is 0 Å². The van der Waals surface area contributed by atoms with Crippen LogP contribution >= 0.6 is 0 Å². The minimum Gasteiger partial charge on any atom is -0.444 e. The number of carbonyl (C=O) groups is 1. The van der Waals surface area contributed by atoms with Gasteiger partial charge in [0, 0.05) is 30.8 Å². The summed E-state index contributed by atoms with van der Waals surface area (Å²) in [6.45, 7) is 0.664. The van der Waals surface area contributed by atoms with Crippen LogP contribution in [0.4, 0.5) is 11.4 Å². The third-order valence-electron chi connectivity index (χ3n) is 2.83. The van der Waals surface area contributed by atoms with E-state index in [9.17, 15) is 20.0 Å². The summed E-state index contributed by atoms with van der Waals surface area (Å²) < 4.78 is 4.87. The maximum Gasteiger partial charge on any atom is 0.295 e. The first kappa shape index (κ1) is 12.3. The van der Waals surface area contributed by atoms with Crippen LogP contribution in [0.2, 0.25) is 0 Å². The van der Waals surface area contributed by atoms with Gasteiger partial charge in [-0.05, 0) is 12.1 Å². The van der Waals surface area contributed by atoms with E-state index in [0.29, 0.717) is 25.1 Å². The van der Waals surface area contributed by atoms with Crippen LogP contribution in [0.1, 0.15) is 6.42 Å². The van der Waals surface area contributed by atoms with Crippen molar-refractivity contribution in [2.75, 3.05) is 11.4 Å². The Bertz CT molecular complexity index is 447. The van der Waals surface area contributed by atoms with Crippen molar-refractivity contribution >= 4 is 17.8 Å². The second kappa shape index (κ2) is 5.01. The maximum absolute atomic E-state index is 10.5. The van der Waals surface area contributed by atoms with E-state index in [2.05, 4.69) is 0 Å². The molecule has 0 radical (unpaired) electrons. The number of nitrogens with zero attached hydrogens (tertiary/aromatic N) is 2. The molecule has 0 bridgehead atoms. The Balaban J connectivity index is 2.19. The average Bonchev–Trinajstić information content (AvgIpc) is 2.71. The summed E-state index contributed by atoms with van der Waals surface area (Å²) in [5.41, 5.74) is 0.662. The predicted octanol–water partition coefficient (Wildman–Crippen LogP) is 0.665. The topological polar surface area (TPSA) is 92.9 Å². The normalized spacial score (nSPS) is 22.8. The number of hydrogen-bond acceptors (Lipinski definition) is 6. The lowest BCUT2D eigenvalue weighted by Crippen LogP contribution is -2.31. The fourth-order valence-corrected chi connectivity index (χ4v) is 2.01. The van der Waals surface area contributed by atoms with E-state index in [1.165, 1.54) is 12.1 Å². The fraction of sp³-hybridized carbons (Fsp3) is 0.364. The molecular formula is C11H12N2O5. The molecule has 7 heteroatoms. The molecule has 1 heterocycles. The van der Waals surface area contributed by atoms with Gasteiger partial charge in [0.2, 0.25) is 0 Å². The summed E-state index contributed by atoms with van der Waals surface area (Å²) in [6.07, 6.45) is -0.778. The van der Waals surface area contributed by atoms with Crippen molar-refractivity contribution in [2.45, 2.75) is 18.8 Å². The molecule has 1 fully saturated rings. The number of anilines is 1. The lowest BCUT2D eigenvalue weighted by Gasteiger charge is -2.24. The molecule has 0 aromatic heterocycles. The minimum atomic E-state index is -0.579. The summed E-state index contributed by atoms with van der Waals surface area (Å²) in [6, 6.07) is 5.88. The molecule has 0 unspecified atom stereocenters. The van der Waals surface area contributed by atoms with Crippen molar-refractivity contribution < 1.29 is 19.6 Å². The first-order valence-corrected chi connectivity index (χ1v) is 5.40. The molecule has 0 spiro atoms. The van der Waals surface area contributed by atoms with E-state index in [1.807, 2.05) is 0 Å². The van der Waals surface area contributed by atoms with Crippen molar-refractivity contribution in [3.8, 4) is 0 Å². The van der Waals surface area contributed by atoms with E-state index < -0.39 is 17.3 Å². The highest BCUT2D eigenvalue weighted by Gasteiger charge is 2.32. The number of nitro benzene ring substituents is 1. The Morgan fingerprint density at radius 3 is 2.67 bits per heavy atom. The number of aliphatic hydroxyl groups excluding tert-OH is 1. The largest absolute Gasteiger partial charge is 0.444 e. The van der Waals surface area contributed by atoms with Gasteiger partial charge in [-0.3, -0.25) is 14.9 Å². The third-order valence-corrected chi connectivity index (χ3v) is 2.83. The van der Waals surface area contributed by atoms with Gasteiger partial charge in [0.25, 0.3) is 12.2 Å². The SMILES string of the molecule is O=CO[C@@H]1C[C@@H](O)CN1c1ccc([N+](=O)[O-])cc1. The molecule has 2 atom stereocenters. The molecule has 18 heavy (non-hydrogen) atoms. The number of benzene rings is 1. The van der Waals surface area contributed by atoms with Crippen LogP contribution in [0, 0.1) is 10.1 Å². The van der Waals surface area contributed by atoms with Gasteiger partial charge >= 0.3 is 0 Å². The number of hydrogen-bond donors (Lipinski definition) is 1. The molecule has 0 saturated carbocycles. The molecule has 1 aromatic rings. The summed E-state index contributed by atoms with van der Waals surface area (Å²) in [4.78, 5) is 22.1. The van der Waals surface area contributed by atoms with E-state index in [0.717, 1.165) is 0 Å². The van der Waals surface area contributed by atoms with E-state index in [1.54, 1.807) is 17.0 Å². The van der Waals surface area contributed by atoms with Gasteiger partial charge in [0.1, 0.15) is 0 Å². The molecule has 1 saturated heterocycles. The Morgan fingerprint density at radius 2 is 2.11 bits per heavy atom. The molecule has 1 aliphatic rings. The van der Waals surface area contributed by atoms with Crippen LogP contribution < -0.4 is 4.90 Å². The summed E-state index contributed by atoms with van der Waals surface area (Å²) in [5, 5.41) is 20.1. The van der Waals surface area contributed by atoms with Crippen LogP contribution in [0.15, 0.2) is 24.3 Å². The van der Waals surface area contributed by atoms with Crippen molar-refractivity contribution in [2.24, 2.45) is 0 Å². The van der Waals surface area contributed by atoms with Gasteiger partial charge in [-0.15, -0.1) is 0 Å². The Labute approximate surface area is 103 Å². The summed E-state index contributed by atoms with van der Waals surface area (Å²) in [7, 11) is 0. The smallest absolute Gasteiger partial charge is 0.295 e. The van der Waals surface area contributed by atoms with Crippen LogP contribution in [0.3, 0.4) is 0 Å². The van der Waals surface area contributed by atoms with Gasteiger partial charge in [0.05, 0.1) is 11.0 Å². The number of carbonyl (C=O) groups excluding carboxylic acids is 1. The quantitative estimate of drug-likeness (QED) is 0.481. The zero-order chi connectivity index (χ0) is 13.1. The lowest BCUT2D eigenvalue weighted by atomic mass is 10.2. The molecule has 96 valence electrons. The summed E-state index contributed by atoms with van der Waals surface area (Å²) in [5.74, 6) is 0. The van der Waals surface area contributed by atoms with Gasteiger partial charge < -0.3 is 14.7 Å². The minimum absolute atomic E-state index is 0.00801. The van der Waals surface area contributed by atoms with Gasteiger partial charge in [-0.25, -0.2) is 0 Å². The number of nitro groups is 1. The van der Waals surface area contributed by atoms with Crippen LogP contribution in [-0.4, -0.2) is 35.4 Å². The zero-order valence-electron chi connectivity index (χ0n) is 9.43. The Hall–Kier alpha value is -2.15. The average molecular weight is 252 g/mol. The van der Waals surface area contributed by atoms with Gasteiger partial charge in [0.15, 0.2) is 6.23 Å². The third kappa shape index (κ3) is 2.40. The predicted molar refractivity (Wildman–Crippen MR) is 62.0 cm³/mol. The van der Waals surface area contributed by atoms with Crippen molar-refractivity contribution in [1.29, 1.82) is 0 Å².